The van der Waals surface area contributed by atoms with Gasteiger partial charge in [0, 0.05) is 30.1 Å². The Labute approximate surface area is 165 Å². The maximum atomic E-state index is 9.22. The maximum absolute atomic E-state index is 9.22. The van der Waals surface area contributed by atoms with Crippen molar-refractivity contribution in [3.05, 3.63) is 78.5 Å². The third kappa shape index (κ3) is 6.27. The third-order valence-corrected chi connectivity index (χ3v) is 4.30. The van der Waals surface area contributed by atoms with Gasteiger partial charge in [0.25, 0.3) is 0 Å². The van der Waals surface area contributed by atoms with E-state index in [0.717, 1.165) is 27.8 Å². The van der Waals surface area contributed by atoms with E-state index in [9.17, 15) is 5.26 Å². The van der Waals surface area contributed by atoms with Crippen LogP contribution < -0.4 is 5.30 Å². The van der Waals surface area contributed by atoms with Crippen LogP contribution in [0.4, 0.5) is 0 Å². The Morgan fingerprint density at radius 1 is 1.30 bits per heavy atom. The lowest BCUT2D eigenvalue weighted by molar-refractivity contribution is 0.529. The van der Waals surface area contributed by atoms with E-state index in [0.29, 0.717) is 12.1 Å². The van der Waals surface area contributed by atoms with Crippen LogP contribution in [0.3, 0.4) is 0 Å². The molecule has 2 rings (SSSR count). The van der Waals surface area contributed by atoms with Gasteiger partial charge in [-0.15, -0.1) is 22.1 Å². The molecule has 1 unspecified atom stereocenters. The first-order valence-electron chi connectivity index (χ1n) is 8.33. The van der Waals surface area contributed by atoms with Gasteiger partial charge in [-0.3, -0.25) is 4.98 Å². The number of aromatic nitrogens is 1. The summed E-state index contributed by atoms with van der Waals surface area (Å²) in [4.78, 5) is 6.42. The number of pyridine rings is 1. The molecule has 0 saturated heterocycles. The second kappa shape index (κ2) is 11.5. The molecule has 0 amide bonds. The Bertz CT molecular complexity index is 884. The fourth-order valence-corrected chi connectivity index (χ4v) is 2.74. The molecule has 0 aliphatic rings. The number of nitrogens with zero attached hydrogens (tertiary/aromatic N) is 3. The number of allylic oxidation sites excluding steroid dienone is 3. The summed E-state index contributed by atoms with van der Waals surface area (Å²) < 4.78 is 0. The second-order valence-electron chi connectivity index (χ2n) is 5.65. The minimum atomic E-state index is 0.525. The molecule has 0 aliphatic carbocycles. The van der Waals surface area contributed by atoms with Gasteiger partial charge in [0.05, 0.1) is 18.3 Å². The predicted molar refractivity (Wildman–Crippen MR) is 119 cm³/mol. The molecule has 1 aromatic heterocycles. The first kappa shape index (κ1) is 21.9. The Hall–Kier alpha value is -3.13. The summed E-state index contributed by atoms with van der Waals surface area (Å²) >= 11 is 0. The molecular formula is C23H24N3P. The highest BCUT2D eigenvalue weighted by Gasteiger charge is 2.09. The maximum Gasteiger partial charge on any atom is 0.0966 e. The van der Waals surface area contributed by atoms with Crippen LogP contribution >= 0.6 is 9.24 Å². The van der Waals surface area contributed by atoms with Crippen LogP contribution in [0.1, 0.15) is 12.5 Å². The summed E-state index contributed by atoms with van der Waals surface area (Å²) in [5, 5.41) is 10.3. The molecule has 4 heteroatoms. The molecule has 27 heavy (non-hydrogen) atoms. The standard InChI is InChI=1S/C21H22N3P.C2H2/c1-4-5-7-17(14-22)15-24(3)16(2)18-9-11-19(12-10-18)21-20(25)8-6-13-23-21;1-2/h4-13H,2,15,25H2,1,3H3;1-2H/b5-4-,17-7-;. The normalized spacial score (nSPS) is 10.6. The Morgan fingerprint density at radius 2 is 1.96 bits per heavy atom. The van der Waals surface area contributed by atoms with Crippen molar-refractivity contribution < 1.29 is 0 Å². The SMILES string of the molecule is C#C.C=C(c1ccc(-c2ncccc2P)cc1)N(C)C/C(C#N)=C\C=C/C. The van der Waals surface area contributed by atoms with Gasteiger partial charge in [-0.1, -0.05) is 49.1 Å². The fourth-order valence-electron chi connectivity index (χ4n) is 2.39. The van der Waals surface area contributed by atoms with Crippen LogP contribution in [0.15, 0.2) is 73.0 Å². The summed E-state index contributed by atoms with van der Waals surface area (Å²) in [5.74, 6) is 0. The first-order valence-corrected chi connectivity index (χ1v) is 8.91. The second-order valence-corrected chi connectivity index (χ2v) is 6.27. The minimum Gasteiger partial charge on any atom is -0.370 e. The van der Waals surface area contributed by atoms with Gasteiger partial charge in [0.2, 0.25) is 0 Å². The zero-order valence-electron chi connectivity index (χ0n) is 15.8. The van der Waals surface area contributed by atoms with E-state index in [-0.39, 0.29) is 0 Å². The van der Waals surface area contributed by atoms with E-state index in [1.807, 2.05) is 73.5 Å². The van der Waals surface area contributed by atoms with Gasteiger partial charge in [-0.25, -0.2) is 0 Å². The van der Waals surface area contributed by atoms with Gasteiger partial charge in [0.15, 0.2) is 0 Å². The van der Waals surface area contributed by atoms with Crippen LogP contribution in [0.2, 0.25) is 0 Å². The van der Waals surface area contributed by atoms with Gasteiger partial charge < -0.3 is 4.90 Å². The van der Waals surface area contributed by atoms with Gasteiger partial charge in [-0.05, 0) is 29.9 Å². The average Bonchev–Trinajstić information content (AvgIpc) is 2.72. The molecule has 2 aromatic rings. The number of terminal acetylenes is 1. The van der Waals surface area contributed by atoms with Crippen molar-refractivity contribution in [2.24, 2.45) is 0 Å². The molecule has 1 heterocycles. The zero-order valence-corrected chi connectivity index (χ0v) is 16.9. The van der Waals surface area contributed by atoms with Crippen LogP contribution in [-0.2, 0) is 0 Å². The van der Waals surface area contributed by atoms with Gasteiger partial charge in [0.1, 0.15) is 0 Å². The summed E-state index contributed by atoms with van der Waals surface area (Å²) in [6, 6.07) is 14.3. The number of benzene rings is 1. The lowest BCUT2D eigenvalue weighted by Gasteiger charge is -2.21. The van der Waals surface area contributed by atoms with E-state index >= 15 is 0 Å². The van der Waals surface area contributed by atoms with Crippen molar-refractivity contribution in [3.8, 4) is 30.2 Å². The van der Waals surface area contributed by atoms with E-state index in [2.05, 4.69) is 39.7 Å². The summed E-state index contributed by atoms with van der Waals surface area (Å²) in [6.07, 6.45) is 15.4. The average molecular weight is 373 g/mol. The number of hydrogen-bond acceptors (Lipinski definition) is 3. The predicted octanol–water partition coefficient (Wildman–Crippen LogP) is 4.43. The lowest BCUT2D eigenvalue weighted by atomic mass is 10.1. The lowest BCUT2D eigenvalue weighted by Crippen LogP contribution is -2.18. The quantitative estimate of drug-likeness (QED) is 0.326. The molecule has 0 spiro atoms. The molecule has 0 N–H and O–H groups in total. The number of nitriles is 1. The Balaban J connectivity index is 0.00000176. The topological polar surface area (TPSA) is 39.9 Å². The van der Waals surface area contributed by atoms with E-state index in [4.69, 9.17) is 0 Å². The largest absolute Gasteiger partial charge is 0.370 e. The third-order valence-electron chi connectivity index (χ3n) is 3.83. The van der Waals surface area contributed by atoms with Crippen molar-refractivity contribution in [1.82, 2.24) is 9.88 Å². The molecule has 1 atom stereocenters. The molecule has 0 saturated carbocycles. The van der Waals surface area contributed by atoms with Crippen LogP contribution in [0, 0.1) is 24.2 Å². The highest BCUT2D eigenvalue weighted by atomic mass is 31.0. The summed E-state index contributed by atoms with van der Waals surface area (Å²) in [7, 11) is 4.65. The van der Waals surface area contributed by atoms with Crippen LogP contribution in [-0.4, -0.2) is 23.5 Å². The smallest absolute Gasteiger partial charge is 0.0966 e. The number of likely N-dealkylation sites (N-methyl/N-ethyl adjacent to an activating group) is 1. The van der Waals surface area contributed by atoms with E-state index < -0.39 is 0 Å². The van der Waals surface area contributed by atoms with Crippen LogP contribution in [0.5, 0.6) is 0 Å². The summed E-state index contributed by atoms with van der Waals surface area (Å²) in [5.41, 5.74) is 4.62. The Kier molecular flexibility index (Phi) is 9.32. The van der Waals surface area contributed by atoms with Gasteiger partial charge >= 0.3 is 0 Å². The molecule has 0 aliphatic heterocycles. The monoisotopic (exact) mass is 373 g/mol. The molecule has 0 radical (unpaired) electrons. The van der Waals surface area contributed by atoms with Crippen molar-refractivity contribution >= 4 is 20.2 Å². The number of rotatable bonds is 6. The van der Waals surface area contributed by atoms with E-state index in [1.165, 1.54) is 0 Å². The first-order chi connectivity index (χ1) is 13.1. The van der Waals surface area contributed by atoms with Crippen molar-refractivity contribution in [2.45, 2.75) is 6.92 Å². The Morgan fingerprint density at radius 3 is 2.52 bits per heavy atom. The van der Waals surface area contributed by atoms with Crippen molar-refractivity contribution in [1.29, 1.82) is 5.26 Å². The molecular weight excluding hydrogens is 349 g/mol. The highest BCUT2D eigenvalue weighted by molar-refractivity contribution is 7.27. The highest BCUT2D eigenvalue weighted by Crippen LogP contribution is 2.22. The molecule has 0 bridgehead atoms. The van der Waals surface area contributed by atoms with Crippen molar-refractivity contribution in [3.63, 3.8) is 0 Å². The van der Waals surface area contributed by atoms with E-state index in [1.54, 1.807) is 6.20 Å². The van der Waals surface area contributed by atoms with Gasteiger partial charge in [-0.2, -0.15) is 5.26 Å². The zero-order chi connectivity index (χ0) is 20.2. The molecule has 1 aromatic carbocycles. The minimum absolute atomic E-state index is 0.525. The molecule has 0 fully saturated rings. The molecule has 136 valence electrons. The fraction of sp³-hybridized carbons (Fsp3) is 0.130. The van der Waals surface area contributed by atoms with Crippen LogP contribution in [0.25, 0.3) is 17.0 Å². The number of hydrogen-bond donors (Lipinski definition) is 0. The van der Waals surface area contributed by atoms with Crippen molar-refractivity contribution in [2.75, 3.05) is 13.6 Å². The summed E-state index contributed by atoms with van der Waals surface area (Å²) in [6.45, 7) is 6.62. The molecule has 3 nitrogen and oxygen atoms in total.